The third kappa shape index (κ3) is 3.47. The van der Waals surface area contributed by atoms with E-state index in [1.165, 1.54) is 22.2 Å². The summed E-state index contributed by atoms with van der Waals surface area (Å²) in [6, 6.07) is 7.53. The fourth-order valence-electron chi connectivity index (χ4n) is 4.20. The number of rotatable bonds is 7. The summed E-state index contributed by atoms with van der Waals surface area (Å²) in [7, 11) is 0. The lowest BCUT2D eigenvalue weighted by molar-refractivity contribution is 0.0491. The van der Waals surface area contributed by atoms with Crippen molar-refractivity contribution in [1.82, 2.24) is 9.55 Å². The maximum atomic E-state index is 13.4. The van der Waals surface area contributed by atoms with Crippen molar-refractivity contribution in [2.75, 3.05) is 6.61 Å². The highest BCUT2D eigenvalue weighted by molar-refractivity contribution is 7.98. The highest BCUT2D eigenvalue weighted by Crippen LogP contribution is 2.37. The molecule has 1 aromatic carbocycles. The predicted molar refractivity (Wildman–Crippen MR) is 128 cm³/mol. The van der Waals surface area contributed by atoms with Crippen LogP contribution in [0.2, 0.25) is 0 Å². The third-order valence-electron chi connectivity index (χ3n) is 5.61. The number of furan rings is 1. The quantitative estimate of drug-likeness (QED) is 0.158. The number of esters is 1. The van der Waals surface area contributed by atoms with Crippen molar-refractivity contribution in [1.29, 1.82) is 0 Å². The summed E-state index contributed by atoms with van der Waals surface area (Å²) in [4.78, 5) is 32.8. The first kappa shape index (κ1) is 21.0. The van der Waals surface area contributed by atoms with Gasteiger partial charge in [-0.1, -0.05) is 36.0 Å². The highest BCUT2D eigenvalue weighted by atomic mass is 32.2. The molecule has 0 amide bonds. The number of carbonyl (C=O) groups excluding carboxylic acids is 1. The molecule has 0 saturated carbocycles. The molecule has 32 heavy (non-hydrogen) atoms. The van der Waals surface area contributed by atoms with Gasteiger partial charge in [-0.25, -0.2) is 9.78 Å². The number of nitrogens with zero attached hydrogens (tertiary/aromatic N) is 2. The van der Waals surface area contributed by atoms with Gasteiger partial charge in [-0.2, -0.15) is 0 Å². The second-order valence-electron chi connectivity index (χ2n) is 7.55. The molecule has 0 fully saturated rings. The Kier molecular flexibility index (Phi) is 5.65. The number of ether oxygens (including phenoxy) is 1. The molecule has 0 bridgehead atoms. The number of aryl methyl sites for hydroxylation is 2. The average molecular weight is 467 g/mol. The van der Waals surface area contributed by atoms with Crippen LogP contribution in [-0.2, 0) is 29.9 Å². The van der Waals surface area contributed by atoms with Crippen molar-refractivity contribution in [3.63, 3.8) is 0 Å². The van der Waals surface area contributed by atoms with E-state index < -0.39 is 5.97 Å². The zero-order chi connectivity index (χ0) is 22.2. The van der Waals surface area contributed by atoms with E-state index in [0.29, 0.717) is 23.0 Å². The summed E-state index contributed by atoms with van der Waals surface area (Å²) in [5.41, 5.74) is 2.53. The number of fused-ring (bicyclic) bond motifs is 4. The van der Waals surface area contributed by atoms with Gasteiger partial charge in [0.05, 0.1) is 12.0 Å². The number of benzene rings is 1. The molecule has 6 nitrogen and oxygen atoms in total. The molecule has 5 rings (SSSR count). The Bertz CT molecular complexity index is 1410. The topological polar surface area (TPSA) is 74.3 Å². The normalized spacial score (nSPS) is 13.0. The lowest BCUT2D eigenvalue weighted by Gasteiger charge is -2.11. The van der Waals surface area contributed by atoms with E-state index in [1.807, 2.05) is 24.3 Å². The number of allylic oxidation sites excluding steroid dienone is 1. The SMILES string of the molecule is C=CCn1c(SCc2c(C(=O)OCC)oc3ccccc23)nc2sc3c(c2c1=O)CCC3. The minimum atomic E-state index is -0.485. The number of carbonyl (C=O) groups is 1. The lowest BCUT2D eigenvalue weighted by atomic mass is 10.1. The van der Waals surface area contributed by atoms with Crippen LogP contribution < -0.4 is 5.56 Å². The zero-order valence-electron chi connectivity index (χ0n) is 17.7. The van der Waals surface area contributed by atoms with E-state index in [-0.39, 0.29) is 17.9 Å². The first-order valence-electron chi connectivity index (χ1n) is 10.6. The van der Waals surface area contributed by atoms with Crippen LogP contribution >= 0.6 is 23.1 Å². The first-order chi connectivity index (χ1) is 15.6. The molecule has 0 atom stereocenters. The fourth-order valence-corrected chi connectivity index (χ4v) is 6.54. The molecule has 1 aliphatic rings. The second-order valence-corrected chi connectivity index (χ2v) is 9.58. The molecule has 0 aliphatic heterocycles. The van der Waals surface area contributed by atoms with Crippen LogP contribution in [0, 0.1) is 0 Å². The van der Waals surface area contributed by atoms with E-state index in [4.69, 9.17) is 14.1 Å². The monoisotopic (exact) mass is 466 g/mol. The van der Waals surface area contributed by atoms with Crippen LogP contribution in [-0.4, -0.2) is 22.1 Å². The number of hydrogen-bond acceptors (Lipinski definition) is 7. The van der Waals surface area contributed by atoms with E-state index in [2.05, 4.69) is 6.58 Å². The Hall–Kier alpha value is -2.84. The fraction of sp³-hybridized carbons (Fsp3) is 0.292. The summed E-state index contributed by atoms with van der Waals surface area (Å²) in [6.07, 6.45) is 4.77. The van der Waals surface area contributed by atoms with Crippen LogP contribution in [0.4, 0.5) is 0 Å². The molecule has 0 spiro atoms. The van der Waals surface area contributed by atoms with Gasteiger partial charge >= 0.3 is 5.97 Å². The van der Waals surface area contributed by atoms with Crippen molar-refractivity contribution in [3.05, 3.63) is 69.0 Å². The van der Waals surface area contributed by atoms with Gasteiger partial charge in [0.15, 0.2) is 5.16 Å². The molecule has 3 aromatic heterocycles. The third-order valence-corrected chi connectivity index (χ3v) is 7.79. The molecule has 3 heterocycles. The summed E-state index contributed by atoms with van der Waals surface area (Å²) in [5, 5.41) is 2.23. The van der Waals surface area contributed by atoms with E-state index in [1.54, 1.807) is 28.9 Å². The van der Waals surface area contributed by atoms with Crippen molar-refractivity contribution >= 4 is 50.3 Å². The zero-order valence-corrected chi connectivity index (χ0v) is 19.3. The second kappa shape index (κ2) is 8.60. The minimum Gasteiger partial charge on any atom is -0.460 e. The summed E-state index contributed by atoms with van der Waals surface area (Å²) < 4.78 is 12.7. The molecule has 1 aliphatic carbocycles. The largest absolute Gasteiger partial charge is 0.460 e. The van der Waals surface area contributed by atoms with Gasteiger partial charge in [0.1, 0.15) is 10.4 Å². The summed E-state index contributed by atoms with van der Waals surface area (Å²) in [6.45, 7) is 6.23. The van der Waals surface area contributed by atoms with Crippen LogP contribution in [0.5, 0.6) is 0 Å². The average Bonchev–Trinajstić information content (AvgIpc) is 3.47. The van der Waals surface area contributed by atoms with Gasteiger partial charge in [0.2, 0.25) is 5.76 Å². The minimum absolute atomic E-state index is 0.0144. The molecule has 164 valence electrons. The summed E-state index contributed by atoms with van der Waals surface area (Å²) >= 11 is 3.05. The maximum Gasteiger partial charge on any atom is 0.374 e. The molecule has 4 aromatic rings. The van der Waals surface area contributed by atoms with Gasteiger partial charge in [-0.05, 0) is 37.8 Å². The molecule has 0 saturated heterocycles. The Morgan fingerprint density at radius 3 is 3.03 bits per heavy atom. The van der Waals surface area contributed by atoms with Crippen molar-refractivity contribution in [2.24, 2.45) is 0 Å². The Balaban J connectivity index is 1.57. The number of thiophene rings is 1. The van der Waals surface area contributed by atoms with Crippen molar-refractivity contribution in [2.45, 2.75) is 43.6 Å². The van der Waals surface area contributed by atoms with Crippen LogP contribution in [0.1, 0.15) is 39.9 Å². The first-order valence-corrected chi connectivity index (χ1v) is 12.4. The van der Waals surface area contributed by atoms with Crippen LogP contribution in [0.25, 0.3) is 21.2 Å². The molecule has 0 unspecified atom stereocenters. The van der Waals surface area contributed by atoms with E-state index in [0.717, 1.165) is 40.4 Å². The van der Waals surface area contributed by atoms with Crippen molar-refractivity contribution in [3.8, 4) is 0 Å². The lowest BCUT2D eigenvalue weighted by Crippen LogP contribution is -2.22. The smallest absolute Gasteiger partial charge is 0.374 e. The molecular formula is C24H22N2O4S2. The van der Waals surface area contributed by atoms with Gasteiger partial charge in [0, 0.05) is 28.1 Å². The standard InChI is InChI=1S/C24H22N2O4S2/c1-3-12-26-22(27)19-15-9-7-11-18(15)32-21(19)25-24(26)31-13-16-14-8-5-6-10-17(14)30-20(16)23(28)29-4-2/h3,5-6,8,10H,1,4,7,9,11-13H2,2H3. The van der Waals surface area contributed by atoms with Gasteiger partial charge in [-0.15, -0.1) is 17.9 Å². The molecular weight excluding hydrogens is 444 g/mol. The molecule has 0 radical (unpaired) electrons. The number of hydrogen-bond donors (Lipinski definition) is 0. The van der Waals surface area contributed by atoms with Gasteiger partial charge in [-0.3, -0.25) is 9.36 Å². The Labute approximate surface area is 192 Å². The van der Waals surface area contributed by atoms with Crippen LogP contribution in [0.15, 0.2) is 51.3 Å². The Morgan fingerprint density at radius 2 is 2.22 bits per heavy atom. The molecule has 8 heteroatoms. The number of para-hydroxylation sites is 1. The van der Waals surface area contributed by atoms with Crippen LogP contribution in [0.3, 0.4) is 0 Å². The number of thioether (sulfide) groups is 1. The van der Waals surface area contributed by atoms with E-state index in [9.17, 15) is 9.59 Å². The Morgan fingerprint density at radius 1 is 1.38 bits per heavy atom. The predicted octanol–water partition coefficient (Wildman–Crippen LogP) is 5.35. The summed E-state index contributed by atoms with van der Waals surface area (Å²) in [5.74, 6) is 0.140. The molecule has 0 N–H and O–H groups in total. The van der Waals surface area contributed by atoms with Crippen molar-refractivity contribution < 1.29 is 13.9 Å². The number of aromatic nitrogens is 2. The highest BCUT2D eigenvalue weighted by Gasteiger charge is 2.25. The van der Waals surface area contributed by atoms with E-state index >= 15 is 0 Å². The van der Waals surface area contributed by atoms with Gasteiger partial charge in [0.25, 0.3) is 5.56 Å². The maximum absolute atomic E-state index is 13.4. The van der Waals surface area contributed by atoms with Gasteiger partial charge < -0.3 is 9.15 Å².